The number of hydrogen-bond donors (Lipinski definition) is 3. The van der Waals surface area contributed by atoms with Crippen LogP contribution in [-0.2, 0) is 17.5 Å². The number of nitrogens with zero attached hydrogens (tertiary/aromatic N) is 1. The lowest BCUT2D eigenvalue weighted by Gasteiger charge is -2.28. The largest absolute Gasteiger partial charge is 0.480 e. The fraction of sp³-hybridized carbons (Fsp3) is 0.533. The Morgan fingerprint density at radius 2 is 2.04 bits per heavy atom. The Kier molecular flexibility index (Phi) is 5.48. The summed E-state index contributed by atoms with van der Waals surface area (Å²) in [5, 5.41) is 14.9. The normalized spacial score (nSPS) is 17.7. The van der Waals surface area contributed by atoms with Crippen LogP contribution in [0.2, 0.25) is 0 Å². The van der Waals surface area contributed by atoms with E-state index in [0.717, 1.165) is 38.3 Å². The van der Waals surface area contributed by atoms with Gasteiger partial charge in [0, 0.05) is 38.4 Å². The molecular weight excluding hydrogens is 311 g/mol. The average molecular weight is 331 g/mol. The van der Waals surface area contributed by atoms with Crippen LogP contribution in [0.5, 0.6) is 0 Å². The Balaban J connectivity index is 2.25. The van der Waals surface area contributed by atoms with Crippen molar-refractivity contribution in [2.45, 2.75) is 25.7 Å². The highest BCUT2D eigenvalue weighted by molar-refractivity contribution is 5.77. The van der Waals surface area contributed by atoms with Crippen molar-refractivity contribution in [3.05, 3.63) is 29.3 Å². The summed E-state index contributed by atoms with van der Waals surface area (Å²) >= 11 is 0. The molecule has 1 saturated heterocycles. The molecule has 8 heteroatoms. The van der Waals surface area contributed by atoms with Crippen LogP contribution in [0.3, 0.4) is 0 Å². The summed E-state index contributed by atoms with van der Waals surface area (Å²) in [5.74, 6) is -1.12. The van der Waals surface area contributed by atoms with E-state index in [1.165, 1.54) is 13.0 Å². The molecule has 0 spiro atoms. The third-order valence-electron chi connectivity index (χ3n) is 3.78. The van der Waals surface area contributed by atoms with Crippen molar-refractivity contribution in [1.29, 1.82) is 0 Å². The van der Waals surface area contributed by atoms with Gasteiger partial charge in [-0.3, -0.25) is 9.69 Å². The van der Waals surface area contributed by atoms with E-state index in [0.29, 0.717) is 12.1 Å². The maximum Gasteiger partial charge on any atom is 0.416 e. The van der Waals surface area contributed by atoms with E-state index in [-0.39, 0.29) is 5.69 Å². The van der Waals surface area contributed by atoms with Gasteiger partial charge in [0.05, 0.1) is 5.56 Å². The van der Waals surface area contributed by atoms with E-state index >= 15 is 0 Å². The second-order valence-electron chi connectivity index (χ2n) is 5.60. The van der Waals surface area contributed by atoms with Crippen LogP contribution in [0.15, 0.2) is 18.2 Å². The number of carboxylic acids is 1. The molecule has 1 aliphatic rings. The Morgan fingerprint density at radius 3 is 2.61 bits per heavy atom. The standard InChI is InChI=1S/C15H20F3N3O2/c1-10(14(22)23)20-13-8-12(15(16,17)18)3-2-11(13)9-21-6-4-19-5-7-21/h2-3,8,10,19-20H,4-7,9H2,1H3,(H,22,23). The highest BCUT2D eigenvalue weighted by Crippen LogP contribution is 2.33. The molecule has 128 valence electrons. The lowest BCUT2D eigenvalue weighted by atomic mass is 10.1. The second kappa shape index (κ2) is 7.18. The summed E-state index contributed by atoms with van der Waals surface area (Å²) < 4.78 is 38.7. The quantitative estimate of drug-likeness (QED) is 0.770. The molecule has 1 aliphatic heterocycles. The summed E-state index contributed by atoms with van der Waals surface area (Å²) in [6, 6.07) is 2.47. The van der Waals surface area contributed by atoms with Gasteiger partial charge in [-0.15, -0.1) is 0 Å². The molecule has 0 radical (unpaired) electrons. The van der Waals surface area contributed by atoms with Gasteiger partial charge in [-0.2, -0.15) is 13.2 Å². The molecule has 3 N–H and O–H groups in total. The van der Waals surface area contributed by atoms with Crippen molar-refractivity contribution in [1.82, 2.24) is 10.2 Å². The molecular formula is C15H20F3N3O2. The minimum Gasteiger partial charge on any atom is -0.480 e. The zero-order valence-electron chi connectivity index (χ0n) is 12.8. The first kappa shape index (κ1) is 17.6. The summed E-state index contributed by atoms with van der Waals surface area (Å²) in [6.45, 7) is 5.14. The van der Waals surface area contributed by atoms with Gasteiger partial charge in [0.2, 0.25) is 0 Å². The molecule has 5 nitrogen and oxygen atoms in total. The second-order valence-corrected chi connectivity index (χ2v) is 5.60. The topological polar surface area (TPSA) is 64.6 Å². The van der Waals surface area contributed by atoms with E-state index in [4.69, 9.17) is 5.11 Å². The van der Waals surface area contributed by atoms with Crippen LogP contribution in [-0.4, -0.2) is 48.2 Å². The van der Waals surface area contributed by atoms with Crippen LogP contribution < -0.4 is 10.6 Å². The summed E-state index contributed by atoms with van der Waals surface area (Å²) in [4.78, 5) is 13.1. The molecule has 1 aromatic rings. The fourth-order valence-corrected chi connectivity index (χ4v) is 2.43. The van der Waals surface area contributed by atoms with Crippen molar-refractivity contribution in [2.75, 3.05) is 31.5 Å². The number of hydrogen-bond acceptors (Lipinski definition) is 4. The number of nitrogens with one attached hydrogen (secondary N) is 2. The van der Waals surface area contributed by atoms with Crippen molar-refractivity contribution < 1.29 is 23.1 Å². The molecule has 0 aromatic heterocycles. The summed E-state index contributed by atoms with van der Waals surface area (Å²) in [5.41, 5.74) is 0.0860. The number of carbonyl (C=O) groups is 1. The first-order valence-corrected chi connectivity index (χ1v) is 7.40. The van der Waals surface area contributed by atoms with E-state index in [1.54, 1.807) is 0 Å². The van der Waals surface area contributed by atoms with Gasteiger partial charge in [-0.1, -0.05) is 6.07 Å². The van der Waals surface area contributed by atoms with Crippen LogP contribution in [0, 0.1) is 0 Å². The summed E-state index contributed by atoms with van der Waals surface area (Å²) in [6.07, 6.45) is -4.46. The molecule has 23 heavy (non-hydrogen) atoms. The van der Waals surface area contributed by atoms with Crippen LogP contribution in [0.4, 0.5) is 18.9 Å². The lowest BCUT2D eigenvalue weighted by molar-refractivity contribution is -0.138. The maximum atomic E-state index is 12.9. The van der Waals surface area contributed by atoms with E-state index < -0.39 is 23.8 Å². The average Bonchev–Trinajstić information content (AvgIpc) is 2.48. The van der Waals surface area contributed by atoms with Crippen molar-refractivity contribution in [3.8, 4) is 0 Å². The first-order valence-electron chi connectivity index (χ1n) is 7.40. The van der Waals surface area contributed by atoms with E-state index in [9.17, 15) is 18.0 Å². The number of carboxylic acid groups (broad SMARTS) is 1. The number of benzene rings is 1. The van der Waals surface area contributed by atoms with Gasteiger partial charge in [0.1, 0.15) is 6.04 Å². The van der Waals surface area contributed by atoms with Gasteiger partial charge in [0.15, 0.2) is 0 Å². The zero-order valence-corrected chi connectivity index (χ0v) is 12.8. The SMILES string of the molecule is CC(Nc1cc(C(F)(F)F)ccc1CN1CCNCC1)C(=O)O. The van der Waals surface area contributed by atoms with E-state index in [1.807, 2.05) is 0 Å². The number of alkyl halides is 3. The molecule has 0 amide bonds. The third kappa shape index (κ3) is 4.84. The van der Waals surface area contributed by atoms with Crippen LogP contribution in [0.1, 0.15) is 18.1 Å². The molecule has 1 fully saturated rings. The molecule has 1 aromatic carbocycles. The highest BCUT2D eigenvalue weighted by atomic mass is 19.4. The zero-order chi connectivity index (χ0) is 17.0. The first-order chi connectivity index (χ1) is 10.8. The van der Waals surface area contributed by atoms with Crippen molar-refractivity contribution in [2.24, 2.45) is 0 Å². The third-order valence-corrected chi connectivity index (χ3v) is 3.78. The molecule has 1 unspecified atom stereocenters. The Labute approximate surface area is 132 Å². The fourth-order valence-electron chi connectivity index (χ4n) is 2.43. The van der Waals surface area contributed by atoms with Gasteiger partial charge < -0.3 is 15.7 Å². The van der Waals surface area contributed by atoms with Gasteiger partial charge in [-0.05, 0) is 24.6 Å². The molecule has 0 bridgehead atoms. The number of rotatable bonds is 5. The maximum absolute atomic E-state index is 12.9. The Bertz CT molecular complexity index is 557. The number of anilines is 1. The van der Waals surface area contributed by atoms with Crippen LogP contribution in [0.25, 0.3) is 0 Å². The lowest BCUT2D eigenvalue weighted by Crippen LogP contribution is -2.43. The molecule has 0 saturated carbocycles. The highest BCUT2D eigenvalue weighted by Gasteiger charge is 2.31. The predicted molar refractivity (Wildman–Crippen MR) is 80.3 cm³/mol. The van der Waals surface area contributed by atoms with Crippen molar-refractivity contribution in [3.63, 3.8) is 0 Å². The minimum absolute atomic E-state index is 0.216. The van der Waals surface area contributed by atoms with Gasteiger partial charge >= 0.3 is 12.1 Å². The van der Waals surface area contributed by atoms with Crippen molar-refractivity contribution >= 4 is 11.7 Å². The number of piperazine rings is 1. The molecule has 1 heterocycles. The predicted octanol–water partition coefficient (Wildman–Crippen LogP) is 2.00. The summed E-state index contributed by atoms with van der Waals surface area (Å²) in [7, 11) is 0. The Morgan fingerprint density at radius 1 is 1.39 bits per heavy atom. The Hall–Kier alpha value is -1.80. The number of aliphatic carboxylic acids is 1. The monoisotopic (exact) mass is 331 g/mol. The van der Waals surface area contributed by atoms with Gasteiger partial charge in [-0.25, -0.2) is 0 Å². The molecule has 2 rings (SSSR count). The molecule has 1 atom stereocenters. The smallest absolute Gasteiger partial charge is 0.416 e. The van der Waals surface area contributed by atoms with Gasteiger partial charge in [0.25, 0.3) is 0 Å². The number of halogens is 3. The van der Waals surface area contributed by atoms with Crippen LogP contribution >= 0.6 is 0 Å². The minimum atomic E-state index is -4.46. The van der Waals surface area contributed by atoms with E-state index in [2.05, 4.69) is 15.5 Å². The molecule has 0 aliphatic carbocycles.